The van der Waals surface area contributed by atoms with Crippen molar-refractivity contribution < 1.29 is 8.78 Å². The minimum atomic E-state index is -2.55. The van der Waals surface area contributed by atoms with E-state index < -0.39 is 5.92 Å². The van der Waals surface area contributed by atoms with Crippen LogP contribution in [0.3, 0.4) is 0 Å². The number of hydrogen-bond acceptors (Lipinski definition) is 4. The van der Waals surface area contributed by atoms with Gasteiger partial charge in [-0.1, -0.05) is 6.08 Å². The van der Waals surface area contributed by atoms with Gasteiger partial charge >= 0.3 is 0 Å². The number of aryl methyl sites for hydroxylation is 1. The second kappa shape index (κ2) is 5.42. The quantitative estimate of drug-likeness (QED) is 0.909. The molecule has 0 aliphatic carbocycles. The molecule has 3 rings (SSSR count). The van der Waals surface area contributed by atoms with Crippen LogP contribution in [0.4, 0.5) is 14.7 Å². The second-order valence-electron chi connectivity index (χ2n) is 5.44. The van der Waals surface area contributed by atoms with Crippen LogP contribution in [0.2, 0.25) is 0 Å². The Morgan fingerprint density at radius 1 is 1.24 bits per heavy atom. The molecule has 1 saturated heterocycles. The van der Waals surface area contributed by atoms with Crippen LogP contribution < -0.4 is 10.2 Å². The summed E-state index contributed by atoms with van der Waals surface area (Å²) in [5.41, 5.74) is 2.72. The molecule has 0 atom stereocenters. The van der Waals surface area contributed by atoms with Gasteiger partial charge in [0.2, 0.25) is 5.95 Å². The number of hydrogen-bond donors (Lipinski definition) is 1. The van der Waals surface area contributed by atoms with E-state index in [2.05, 4.69) is 21.4 Å². The fourth-order valence-electron chi connectivity index (χ4n) is 2.52. The number of rotatable bonds is 2. The fourth-order valence-corrected chi connectivity index (χ4v) is 2.52. The van der Waals surface area contributed by atoms with Crippen molar-refractivity contribution in [2.75, 3.05) is 24.5 Å². The molecule has 4 nitrogen and oxygen atoms in total. The second-order valence-corrected chi connectivity index (χ2v) is 5.44. The van der Waals surface area contributed by atoms with Crippen molar-refractivity contribution in [1.82, 2.24) is 15.3 Å². The number of piperidine rings is 1. The van der Waals surface area contributed by atoms with E-state index in [9.17, 15) is 8.78 Å². The summed E-state index contributed by atoms with van der Waals surface area (Å²) in [7, 11) is 0. The van der Waals surface area contributed by atoms with Gasteiger partial charge in [-0.2, -0.15) is 0 Å². The Labute approximate surface area is 122 Å². The number of aromatic nitrogens is 2. The number of halogens is 2. The Morgan fingerprint density at radius 2 is 2.00 bits per heavy atom. The standard InChI is InChI=1S/C15H18F2N4/c1-11-10-13(12-2-6-18-7-3-12)20-14(19-11)21-8-4-15(16,17)5-9-21/h2-3,6,10,18H,4-5,7-9H2,1H3. The highest BCUT2D eigenvalue weighted by Crippen LogP contribution is 2.29. The summed E-state index contributed by atoms with van der Waals surface area (Å²) in [6.07, 6.45) is 5.63. The van der Waals surface area contributed by atoms with Crippen LogP contribution in [-0.2, 0) is 0 Å². The van der Waals surface area contributed by atoms with Gasteiger partial charge in [-0.3, -0.25) is 0 Å². The molecule has 0 bridgehead atoms. The lowest BCUT2D eigenvalue weighted by Gasteiger charge is -2.32. The monoisotopic (exact) mass is 292 g/mol. The molecule has 0 amide bonds. The zero-order valence-corrected chi connectivity index (χ0v) is 11.9. The van der Waals surface area contributed by atoms with Crippen molar-refractivity contribution >= 4 is 11.5 Å². The third-order valence-electron chi connectivity index (χ3n) is 3.74. The van der Waals surface area contributed by atoms with Crippen molar-refractivity contribution in [3.63, 3.8) is 0 Å². The van der Waals surface area contributed by atoms with Gasteiger partial charge in [-0.25, -0.2) is 18.7 Å². The van der Waals surface area contributed by atoms with Crippen LogP contribution in [0, 0.1) is 6.92 Å². The predicted molar refractivity (Wildman–Crippen MR) is 78.3 cm³/mol. The highest BCUT2D eigenvalue weighted by atomic mass is 19.3. The molecule has 0 radical (unpaired) electrons. The first-order chi connectivity index (χ1) is 10.0. The topological polar surface area (TPSA) is 41.1 Å². The smallest absolute Gasteiger partial charge is 0.251 e. The molecular weight excluding hydrogens is 274 g/mol. The van der Waals surface area contributed by atoms with Gasteiger partial charge in [-0.15, -0.1) is 0 Å². The highest BCUT2D eigenvalue weighted by molar-refractivity contribution is 5.73. The summed E-state index contributed by atoms with van der Waals surface area (Å²) < 4.78 is 26.5. The molecule has 21 heavy (non-hydrogen) atoms. The maximum Gasteiger partial charge on any atom is 0.251 e. The molecule has 0 spiro atoms. The molecule has 1 fully saturated rings. The van der Waals surface area contributed by atoms with E-state index in [4.69, 9.17) is 0 Å². The molecule has 2 aliphatic heterocycles. The number of alkyl halides is 2. The van der Waals surface area contributed by atoms with Crippen LogP contribution in [0.15, 0.2) is 24.4 Å². The van der Waals surface area contributed by atoms with E-state index in [1.54, 1.807) is 0 Å². The van der Waals surface area contributed by atoms with Gasteiger partial charge in [0.15, 0.2) is 0 Å². The van der Waals surface area contributed by atoms with Crippen molar-refractivity contribution in [2.45, 2.75) is 25.7 Å². The predicted octanol–water partition coefficient (Wildman–Crippen LogP) is 2.52. The molecule has 1 aromatic rings. The Bertz CT molecular complexity index is 585. The molecule has 1 aromatic heterocycles. The molecule has 2 aliphatic rings. The normalized spacial score (nSPS) is 20.9. The van der Waals surface area contributed by atoms with Crippen LogP contribution in [-0.4, -0.2) is 35.5 Å². The molecule has 0 aromatic carbocycles. The first-order valence-electron chi connectivity index (χ1n) is 7.12. The Balaban J connectivity index is 1.85. The highest BCUT2D eigenvalue weighted by Gasteiger charge is 2.34. The lowest BCUT2D eigenvalue weighted by Crippen LogP contribution is -2.40. The van der Waals surface area contributed by atoms with Crippen LogP contribution in [0.1, 0.15) is 24.2 Å². The lowest BCUT2D eigenvalue weighted by atomic mass is 10.1. The summed E-state index contributed by atoms with van der Waals surface area (Å²) in [5, 5.41) is 3.09. The van der Waals surface area contributed by atoms with E-state index in [0.29, 0.717) is 19.0 Å². The lowest BCUT2D eigenvalue weighted by molar-refractivity contribution is -0.0222. The molecule has 1 N–H and O–H groups in total. The molecule has 112 valence electrons. The van der Waals surface area contributed by atoms with E-state index in [0.717, 1.165) is 23.5 Å². The molecule has 6 heteroatoms. The van der Waals surface area contributed by atoms with Crippen LogP contribution in [0.25, 0.3) is 5.57 Å². The number of nitrogens with one attached hydrogen (secondary N) is 1. The Hall–Kier alpha value is -1.98. The summed E-state index contributed by atoms with van der Waals surface area (Å²) in [5.74, 6) is -2.00. The Kier molecular flexibility index (Phi) is 3.61. The van der Waals surface area contributed by atoms with Gasteiger partial charge in [0, 0.05) is 38.2 Å². The summed E-state index contributed by atoms with van der Waals surface area (Å²) in [4.78, 5) is 10.8. The zero-order valence-electron chi connectivity index (χ0n) is 11.9. The van der Waals surface area contributed by atoms with Crippen molar-refractivity contribution in [3.05, 3.63) is 35.8 Å². The van der Waals surface area contributed by atoms with Gasteiger partial charge < -0.3 is 10.2 Å². The molecule has 3 heterocycles. The molecule has 0 unspecified atom stereocenters. The number of allylic oxidation sites excluding steroid dienone is 2. The number of nitrogens with zero attached hydrogens (tertiary/aromatic N) is 3. The van der Waals surface area contributed by atoms with Gasteiger partial charge in [0.25, 0.3) is 5.92 Å². The van der Waals surface area contributed by atoms with Crippen molar-refractivity contribution in [3.8, 4) is 0 Å². The van der Waals surface area contributed by atoms with Crippen molar-refractivity contribution in [1.29, 1.82) is 0 Å². The van der Waals surface area contributed by atoms with Gasteiger partial charge in [-0.05, 0) is 30.8 Å². The average Bonchev–Trinajstić information content (AvgIpc) is 2.47. The minimum Gasteiger partial charge on any atom is -0.387 e. The first kappa shape index (κ1) is 14.0. The third-order valence-corrected chi connectivity index (χ3v) is 3.74. The SMILES string of the molecule is Cc1cc(C2=CCNC=C2)nc(N2CCC(F)(F)CC2)n1. The van der Waals surface area contributed by atoms with E-state index in [1.807, 2.05) is 30.2 Å². The zero-order chi connectivity index (χ0) is 14.9. The van der Waals surface area contributed by atoms with Gasteiger partial charge in [0.1, 0.15) is 0 Å². The maximum atomic E-state index is 13.3. The van der Waals surface area contributed by atoms with E-state index in [1.165, 1.54) is 0 Å². The number of dihydropyridines is 1. The van der Waals surface area contributed by atoms with E-state index in [-0.39, 0.29) is 12.8 Å². The Morgan fingerprint density at radius 3 is 2.67 bits per heavy atom. The molecule has 0 saturated carbocycles. The maximum absolute atomic E-state index is 13.3. The largest absolute Gasteiger partial charge is 0.387 e. The van der Waals surface area contributed by atoms with Crippen LogP contribution >= 0.6 is 0 Å². The fraction of sp³-hybridized carbons (Fsp3) is 0.467. The number of anilines is 1. The summed E-state index contributed by atoms with van der Waals surface area (Å²) in [6, 6.07) is 1.92. The van der Waals surface area contributed by atoms with Crippen LogP contribution in [0.5, 0.6) is 0 Å². The minimum absolute atomic E-state index is 0.133. The summed E-state index contributed by atoms with van der Waals surface area (Å²) >= 11 is 0. The molecular formula is C15H18F2N4. The first-order valence-corrected chi connectivity index (χ1v) is 7.12. The summed E-state index contributed by atoms with van der Waals surface area (Å²) in [6.45, 7) is 3.26. The van der Waals surface area contributed by atoms with Crippen molar-refractivity contribution in [2.24, 2.45) is 0 Å². The van der Waals surface area contributed by atoms with E-state index >= 15 is 0 Å². The van der Waals surface area contributed by atoms with Gasteiger partial charge in [0.05, 0.1) is 5.69 Å². The third kappa shape index (κ3) is 3.20. The average molecular weight is 292 g/mol.